The third-order valence-electron chi connectivity index (χ3n) is 3.94. The smallest absolute Gasteiger partial charge is 0.242 e. The lowest BCUT2D eigenvalue weighted by atomic mass is 9.95. The van der Waals surface area contributed by atoms with Crippen LogP contribution < -0.4 is 5.73 Å². The first kappa shape index (κ1) is 16.2. The van der Waals surface area contributed by atoms with E-state index in [0.29, 0.717) is 18.9 Å². The van der Waals surface area contributed by atoms with Gasteiger partial charge >= 0.3 is 0 Å². The van der Waals surface area contributed by atoms with E-state index in [9.17, 15) is 9.59 Å². The van der Waals surface area contributed by atoms with Gasteiger partial charge in [0.1, 0.15) is 0 Å². The lowest BCUT2D eigenvalue weighted by molar-refractivity contribution is -0.139. The maximum Gasteiger partial charge on any atom is 0.242 e. The lowest BCUT2D eigenvalue weighted by Crippen LogP contribution is -2.45. The molecule has 2 rings (SSSR count). The minimum absolute atomic E-state index is 0. The van der Waals surface area contributed by atoms with Crippen molar-refractivity contribution in [3.8, 4) is 0 Å². The van der Waals surface area contributed by atoms with Crippen LogP contribution >= 0.6 is 12.4 Å². The predicted molar refractivity (Wildman–Crippen MR) is 76.0 cm³/mol. The molecule has 2 amide bonds. The zero-order valence-corrected chi connectivity index (χ0v) is 12.2. The summed E-state index contributed by atoms with van der Waals surface area (Å²) in [7, 11) is 0. The van der Waals surface area contributed by atoms with E-state index < -0.39 is 0 Å². The summed E-state index contributed by atoms with van der Waals surface area (Å²) >= 11 is 0. The zero-order valence-electron chi connectivity index (χ0n) is 11.3. The molecule has 0 radical (unpaired) electrons. The molecule has 0 aliphatic carbocycles. The van der Waals surface area contributed by atoms with E-state index in [2.05, 4.69) is 0 Å². The highest BCUT2D eigenvalue weighted by Crippen LogP contribution is 2.19. The molecule has 2 heterocycles. The molecule has 1 unspecified atom stereocenters. The summed E-state index contributed by atoms with van der Waals surface area (Å²) in [6, 6.07) is 0. The summed E-state index contributed by atoms with van der Waals surface area (Å²) in [5.74, 6) is 0.771. The Morgan fingerprint density at radius 2 is 2.11 bits per heavy atom. The van der Waals surface area contributed by atoms with Crippen LogP contribution in [0.1, 0.15) is 32.1 Å². The molecule has 110 valence electrons. The highest BCUT2D eigenvalue weighted by atomic mass is 35.5. The Hall–Kier alpha value is -0.810. The number of carbonyl (C=O) groups is 2. The molecular weight excluding hydrogens is 266 g/mol. The molecule has 19 heavy (non-hydrogen) atoms. The molecule has 2 aliphatic heterocycles. The van der Waals surface area contributed by atoms with Gasteiger partial charge in [-0.25, -0.2) is 0 Å². The molecule has 2 aliphatic rings. The molecular formula is C13H24ClN3O2. The number of carbonyl (C=O) groups excluding carboxylic acids is 2. The van der Waals surface area contributed by atoms with Gasteiger partial charge in [-0.05, 0) is 38.1 Å². The highest BCUT2D eigenvalue weighted by Gasteiger charge is 2.27. The van der Waals surface area contributed by atoms with Crippen molar-refractivity contribution in [2.24, 2.45) is 11.7 Å². The van der Waals surface area contributed by atoms with Crippen LogP contribution in [0.25, 0.3) is 0 Å². The fourth-order valence-electron chi connectivity index (χ4n) is 2.90. The normalized spacial score (nSPS) is 23.4. The lowest BCUT2D eigenvalue weighted by Gasteiger charge is -2.33. The van der Waals surface area contributed by atoms with Gasteiger partial charge in [0.05, 0.1) is 6.54 Å². The van der Waals surface area contributed by atoms with Crippen LogP contribution in [0.2, 0.25) is 0 Å². The maximum absolute atomic E-state index is 12.2. The van der Waals surface area contributed by atoms with Crippen molar-refractivity contribution in [1.29, 1.82) is 0 Å². The van der Waals surface area contributed by atoms with Gasteiger partial charge in [0.2, 0.25) is 11.8 Å². The summed E-state index contributed by atoms with van der Waals surface area (Å²) < 4.78 is 0. The zero-order chi connectivity index (χ0) is 13.0. The Morgan fingerprint density at radius 1 is 1.32 bits per heavy atom. The third kappa shape index (κ3) is 4.35. The molecule has 0 saturated carbocycles. The minimum Gasteiger partial charge on any atom is -0.341 e. The largest absolute Gasteiger partial charge is 0.341 e. The summed E-state index contributed by atoms with van der Waals surface area (Å²) in [5, 5.41) is 0. The van der Waals surface area contributed by atoms with Crippen molar-refractivity contribution in [1.82, 2.24) is 9.80 Å². The summed E-state index contributed by atoms with van der Waals surface area (Å²) in [5.41, 5.74) is 5.57. The van der Waals surface area contributed by atoms with Gasteiger partial charge in [-0.15, -0.1) is 12.4 Å². The number of piperidine rings is 1. The number of nitrogens with zero attached hydrogens (tertiary/aromatic N) is 2. The van der Waals surface area contributed by atoms with Gasteiger partial charge in [-0.1, -0.05) is 0 Å². The minimum atomic E-state index is 0. The first-order valence-corrected chi connectivity index (χ1v) is 6.96. The van der Waals surface area contributed by atoms with Crippen LogP contribution in [0.3, 0.4) is 0 Å². The number of nitrogens with two attached hydrogens (primary N) is 1. The van der Waals surface area contributed by atoms with Crippen molar-refractivity contribution in [3.05, 3.63) is 0 Å². The molecule has 0 bridgehead atoms. The second-order valence-corrected chi connectivity index (χ2v) is 5.34. The molecule has 0 aromatic heterocycles. The number of halogens is 1. The van der Waals surface area contributed by atoms with Crippen LogP contribution in [0.5, 0.6) is 0 Å². The summed E-state index contributed by atoms with van der Waals surface area (Å²) in [4.78, 5) is 27.2. The van der Waals surface area contributed by atoms with Gasteiger partial charge in [0.15, 0.2) is 0 Å². The molecule has 2 fully saturated rings. The Labute approximate surface area is 120 Å². The van der Waals surface area contributed by atoms with Gasteiger partial charge in [-0.2, -0.15) is 0 Å². The van der Waals surface area contributed by atoms with Gasteiger partial charge in [0.25, 0.3) is 0 Å². The molecule has 2 N–H and O–H groups in total. The molecule has 5 nitrogen and oxygen atoms in total. The van der Waals surface area contributed by atoms with Crippen LogP contribution in [0.15, 0.2) is 0 Å². The number of hydrogen-bond acceptors (Lipinski definition) is 3. The SMILES string of the molecule is Cl.NCCC1CCCN(C(=O)CN2CCCC2=O)C1. The molecule has 6 heteroatoms. The quantitative estimate of drug-likeness (QED) is 0.825. The van der Waals surface area contributed by atoms with Crippen molar-refractivity contribution in [3.63, 3.8) is 0 Å². The summed E-state index contributed by atoms with van der Waals surface area (Å²) in [6.07, 6.45) is 4.71. The van der Waals surface area contributed by atoms with Crippen molar-refractivity contribution >= 4 is 24.2 Å². The first-order valence-electron chi connectivity index (χ1n) is 6.96. The Kier molecular flexibility index (Phi) is 6.58. The summed E-state index contributed by atoms with van der Waals surface area (Å²) in [6.45, 7) is 3.36. The van der Waals surface area contributed by atoms with Crippen LogP contribution in [0, 0.1) is 5.92 Å². The van der Waals surface area contributed by atoms with E-state index in [1.165, 1.54) is 6.42 Å². The van der Waals surface area contributed by atoms with E-state index in [4.69, 9.17) is 5.73 Å². The van der Waals surface area contributed by atoms with Gasteiger partial charge < -0.3 is 15.5 Å². The van der Waals surface area contributed by atoms with E-state index in [-0.39, 0.29) is 30.8 Å². The van der Waals surface area contributed by atoms with Gasteiger partial charge in [0, 0.05) is 26.1 Å². The van der Waals surface area contributed by atoms with E-state index in [0.717, 1.165) is 38.9 Å². The molecule has 0 spiro atoms. The average Bonchev–Trinajstić information content (AvgIpc) is 2.76. The van der Waals surface area contributed by atoms with E-state index in [1.807, 2.05) is 4.90 Å². The first-order chi connectivity index (χ1) is 8.70. The van der Waals surface area contributed by atoms with E-state index in [1.54, 1.807) is 4.90 Å². The second kappa shape index (κ2) is 7.70. The predicted octanol–water partition coefficient (Wildman–Crippen LogP) is 0.618. The highest BCUT2D eigenvalue weighted by molar-refractivity contribution is 5.86. The number of hydrogen-bond donors (Lipinski definition) is 1. The van der Waals surface area contributed by atoms with Crippen LogP contribution in [0.4, 0.5) is 0 Å². The Balaban J connectivity index is 0.00000180. The Morgan fingerprint density at radius 3 is 2.74 bits per heavy atom. The van der Waals surface area contributed by atoms with Crippen LogP contribution in [-0.4, -0.2) is 54.3 Å². The third-order valence-corrected chi connectivity index (χ3v) is 3.94. The van der Waals surface area contributed by atoms with E-state index >= 15 is 0 Å². The standard InChI is InChI=1S/C13H23N3O2.ClH/c14-6-5-11-3-1-7-15(9-11)13(18)10-16-8-2-4-12(16)17;/h11H,1-10,14H2;1H. The molecule has 1 atom stereocenters. The monoisotopic (exact) mass is 289 g/mol. The number of rotatable bonds is 4. The average molecular weight is 290 g/mol. The second-order valence-electron chi connectivity index (χ2n) is 5.34. The fraction of sp³-hybridized carbons (Fsp3) is 0.846. The molecule has 0 aromatic carbocycles. The topological polar surface area (TPSA) is 66.6 Å². The molecule has 0 aromatic rings. The number of amides is 2. The van der Waals surface area contributed by atoms with Crippen molar-refractivity contribution in [2.75, 3.05) is 32.7 Å². The van der Waals surface area contributed by atoms with Crippen molar-refractivity contribution < 1.29 is 9.59 Å². The molecule has 2 saturated heterocycles. The van der Waals surface area contributed by atoms with Crippen LogP contribution in [-0.2, 0) is 9.59 Å². The maximum atomic E-state index is 12.2. The van der Waals surface area contributed by atoms with Crippen molar-refractivity contribution in [2.45, 2.75) is 32.1 Å². The van der Waals surface area contributed by atoms with Gasteiger partial charge in [-0.3, -0.25) is 9.59 Å². The number of likely N-dealkylation sites (tertiary alicyclic amines) is 2. The Bertz CT molecular complexity index is 323. The fourth-order valence-corrected chi connectivity index (χ4v) is 2.90.